The van der Waals surface area contributed by atoms with Gasteiger partial charge in [0.2, 0.25) is 5.91 Å². The number of rotatable bonds is 6. The van der Waals surface area contributed by atoms with E-state index in [-0.39, 0.29) is 18.0 Å². The number of piperidine rings is 1. The van der Waals surface area contributed by atoms with E-state index >= 15 is 0 Å². The summed E-state index contributed by atoms with van der Waals surface area (Å²) in [5.74, 6) is 0.271. The number of halogens is 1. The number of aryl methyl sites for hydroxylation is 2. The van der Waals surface area contributed by atoms with E-state index < -0.39 is 5.60 Å². The summed E-state index contributed by atoms with van der Waals surface area (Å²) in [7, 11) is 0. The number of anilines is 1. The molecule has 8 nitrogen and oxygen atoms in total. The number of likely N-dealkylation sites (tertiary alicyclic amines) is 1. The second kappa shape index (κ2) is 12.4. The maximum Gasteiger partial charge on any atom is 0.410 e. The van der Waals surface area contributed by atoms with E-state index in [9.17, 15) is 9.59 Å². The van der Waals surface area contributed by atoms with Gasteiger partial charge in [-0.15, -0.1) is 0 Å². The first kappa shape index (κ1) is 29.9. The number of hydrogen-bond donors (Lipinski definition) is 0. The molecule has 1 fully saturated rings. The molecule has 0 spiro atoms. The lowest BCUT2D eigenvalue weighted by atomic mass is 9.95. The molecule has 4 heterocycles. The van der Waals surface area contributed by atoms with Crippen molar-refractivity contribution in [3.05, 3.63) is 69.8 Å². The molecule has 2 aromatic carbocycles. The van der Waals surface area contributed by atoms with Gasteiger partial charge in [0.15, 0.2) is 0 Å². The topological polar surface area (TPSA) is 70.9 Å². The largest absolute Gasteiger partial charge is 0.444 e. The Balaban J connectivity index is 1.10. The SMILES string of the molecule is CC(C)(C)OC(=O)N1CCc2c(c(-c3ccc(Br)cc3)nn2CCCN2CCC(N3C(=O)CCc4ccccc43)CC2)C1. The second-order valence-electron chi connectivity index (χ2n) is 13.0. The van der Waals surface area contributed by atoms with Crippen molar-refractivity contribution in [3.8, 4) is 11.3 Å². The fourth-order valence-electron chi connectivity index (χ4n) is 6.70. The van der Waals surface area contributed by atoms with Gasteiger partial charge in [0, 0.05) is 72.0 Å². The number of amides is 2. The summed E-state index contributed by atoms with van der Waals surface area (Å²) in [4.78, 5) is 32.2. The van der Waals surface area contributed by atoms with Gasteiger partial charge in [0.25, 0.3) is 0 Å². The Morgan fingerprint density at radius 1 is 0.977 bits per heavy atom. The molecule has 0 aliphatic carbocycles. The predicted molar refractivity (Wildman–Crippen MR) is 172 cm³/mol. The van der Waals surface area contributed by atoms with E-state index in [1.54, 1.807) is 4.90 Å². The van der Waals surface area contributed by atoms with Crippen LogP contribution in [0.5, 0.6) is 0 Å². The summed E-state index contributed by atoms with van der Waals surface area (Å²) in [5.41, 5.74) is 6.23. The van der Waals surface area contributed by atoms with Crippen LogP contribution >= 0.6 is 15.9 Å². The van der Waals surface area contributed by atoms with Gasteiger partial charge in [-0.05, 0) is 76.8 Å². The Morgan fingerprint density at radius 3 is 2.47 bits per heavy atom. The highest BCUT2D eigenvalue weighted by Gasteiger charge is 2.33. The molecule has 0 unspecified atom stereocenters. The maximum atomic E-state index is 12.9. The molecule has 228 valence electrons. The summed E-state index contributed by atoms with van der Waals surface area (Å²) in [6.45, 7) is 10.7. The number of hydrogen-bond acceptors (Lipinski definition) is 5. The van der Waals surface area contributed by atoms with E-state index in [0.29, 0.717) is 19.5 Å². The van der Waals surface area contributed by atoms with Crippen molar-refractivity contribution in [1.82, 2.24) is 19.6 Å². The Kier molecular flexibility index (Phi) is 8.65. The average molecular weight is 649 g/mol. The molecule has 43 heavy (non-hydrogen) atoms. The highest BCUT2D eigenvalue weighted by atomic mass is 79.9. The molecule has 0 atom stereocenters. The molecular weight excluding hydrogens is 606 g/mol. The smallest absolute Gasteiger partial charge is 0.410 e. The average Bonchev–Trinajstić information content (AvgIpc) is 3.35. The summed E-state index contributed by atoms with van der Waals surface area (Å²) in [6, 6.07) is 16.9. The molecule has 0 bridgehead atoms. The number of para-hydroxylation sites is 1. The lowest BCUT2D eigenvalue weighted by Crippen LogP contribution is -2.49. The first-order valence-electron chi connectivity index (χ1n) is 15.6. The number of carbonyl (C=O) groups excluding carboxylic acids is 2. The Hall–Kier alpha value is -3.17. The predicted octanol–water partition coefficient (Wildman–Crippen LogP) is 6.44. The molecule has 0 radical (unpaired) electrons. The fourth-order valence-corrected chi connectivity index (χ4v) is 6.96. The maximum absolute atomic E-state index is 12.9. The van der Waals surface area contributed by atoms with Gasteiger partial charge < -0.3 is 19.4 Å². The third-order valence-electron chi connectivity index (χ3n) is 8.80. The monoisotopic (exact) mass is 647 g/mol. The van der Waals surface area contributed by atoms with Crippen LogP contribution in [0.15, 0.2) is 53.0 Å². The fraction of sp³-hybridized carbons (Fsp3) is 0.500. The van der Waals surface area contributed by atoms with Gasteiger partial charge in [-0.3, -0.25) is 9.48 Å². The quantitative estimate of drug-likeness (QED) is 0.308. The number of benzene rings is 2. The van der Waals surface area contributed by atoms with Crippen molar-refractivity contribution < 1.29 is 14.3 Å². The van der Waals surface area contributed by atoms with E-state index in [4.69, 9.17) is 9.84 Å². The third-order valence-corrected chi connectivity index (χ3v) is 9.33. The van der Waals surface area contributed by atoms with Crippen molar-refractivity contribution in [3.63, 3.8) is 0 Å². The number of fused-ring (bicyclic) bond motifs is 2. The third kappa shape index (κ3) is 6.68. The normalized spacial score (nSPS) is 18.0. The molecule has 6 rings (SSSR count). The Bertz CT molecular complexity index is 1470. The Morgan fingerprint density at radius 2 is 1.72 bits per heavy atom. The lowest BCUT2D eigenvalue weighted by Gasteiger charge is -2.41. The van der Waals surface area contributed by atoms with Gasteiger partial charge in [-0.2, -0.15) is 5.10 Å². The van der Waals surface area contributed by atoms with E-state index in [2.05, 4.69) is 60.7 Å². The van der Waals surface area contributed by atoms with Crippen LogP contribution in [0, 0.1) is 0 Å². The molecular formula is C34H42BrN5O3. The number of aromatic nitrogens is 2. The molecule has 1 saturated heterocycles. The van der Waals surface area contributed by atoms with E-state index in [1.807, 2.05) is 39.0 Å². The van der Waals surface area contributed by atoms with Crippen LogP contribution in [0.25, 0.3) is 11.3 Å². The molecule has 0 saturated carbocycles. The molecule has 1 aromatic heterocycles. The lowest BCUT2D eigenvalue weighted by molar-refractivity contribution is -0.119. The zero-order valence-corrected chi connectivity index (χ0v) is 27.1. The second-order valence-corrected chi connectivity index (χ2v) is 13.9. The minimum Gasteiger partial charge on any atom is -0.444 e. The van der Waals surface area contributed by atoms with Gasteiger partial charge in [-0.1, -0.05) is 46.3 Å². The van der Waals surface area contributed by atoms with Crippen LogP contribution in [-0.2, 0) is 35.5 Å². The van der Waals surface area contributed by atoms with E-state index in [1.165, 1.54) is 11.3 Å². The molecule has 3 aromatic rings. The number of ether oxygens (including phenoxy) is 1. The Labute approximate surface area is 263 Å². The minimum atomic E-state index is -0.529. The molecule has 2 amide bonds. The van der Waals surface area contributed by atoms with Crippen molar-refractivity contribution >= 4 is 33.6 Å². The highest BCUT2D eigenvalue weighted by molar-refractivity contribution is 9.10. The van der Waals surface area contributed by atoms with Crippen LogP contribution in [0.3, 0.4) is 0 Å². The van der Waals surface area contributed by atoms with Gasteiger partial charge in [0.05, 0.1) is 12.2 Å². The van der Waals surface area contributed by atoms with Crippen LogP contribution in [-0.4, -0.2) is 69.4 Å². The zero-order chi connectivity index (χ0) is 30.1. The van der Waals surface area contributed by atoms with Crippen LogP contribution in [0.2, 0.25) is 0 Å². The summed E-state index contributed by atoms with van der Waals surface area (Å²) < 4.78 is 8.89. The molecule has 9 heteroatoms. The summed E-state index contributed by atoms with van der Waals surface area (Å²) >= 11 is 3.54. The van der Waals surface area contributed by atoms with Crippen molar-refractivity contribution in [2.24, 2.45) is 0 Å². The standard InChI is InChI=1S/C34H42BrN5O3/c1-34(2,3)43-33(42)38-22-17-30-28(23-38)32(25-9-12-26(35)13-10-25)36-39(30)19-6-18-37-20-15-27(16-21-37)40-29-8-5-4-7-24(29)11-14-31(40)41/h4-5,7-10,12-13,27H,6,11,14-23H2,1-3H3. The van der Waals surface area contributed by atoms with Crippen LogP contribution in [0.4, 0.5) is 10.5 Å². The van der Waals surface area contributed by atoms with Crippen LogP contribution < -0.4 is 4.90 Å². The van der Waals surface area contributed by atoms with Crippen molar-refractivity contribution in [2.75, 3.05) is 31.1 Å². The molecule has 0 N–H and O–H groups in total. The van der Waals surface area contributed by atoms with Crippen LogP contribution in [0.1, 0.15) is 63.3 Å². The van der Waals surface area contributed by atoms with Gasteiger partial charge >= 0.3 is 6.09 Å². The zero-order valence-electron chi connectivity index (χ0n) is 25.5. The van der Waals surface area contributed by atoms with Gasteiger partial charge in [-0.25, -0.2) is 4.79 Å². The van der Waals surface area contributed by atoms with E-state index in [0.717, 1.165) is 85.3 Å². The number of nitrogens with zero attached hydrogens (tertiary/aromatic N) is 5. The first-order valence-corrected chi connectivity index (χ1v) is 16.4. The minimum absolute atomic E-state index is 0.271. The highest BCUT2D eigenvalue weighted by Crippen LogP contribution is 2.34. The first-order chi connectivity index (χ1) is 20.7. The van der Waals surface area contributed by atoms with Crippen molar-refractivity contribution in [1.29, 1.82) is 0 Å². The summed E-state index contributed by atoms with van der Waals surface area (Å²) in [5, 5.41) is 5.11. The number of carbonyl (C=O) groups is 2. The van der Waals surface area contributed by atoms with Gasteiger partial charge in [0.1, 0.15) is 5.60 Å². The molecule has 3 aliphatic heterocycles. The summed E-state index contributed by atoms with van der Waals surface area (Å²) in [6.07, 6.45) is 4.96. The van der Waals surface area contributed by atoms with Crippen molar-refractivity contribution in [2.45, 2.75) is 84.0 Å². The molecule has 3 aliphatic rings.